The zero-order chi connectivity index (χ0) is 11.8. The SMILES string of the molecule is Cc1cccc2c3c([nH]c12)C(=O)CCCCC3. The second-order valence-electron chi connectivity index (χ2n) is 4.96. The van der Waals surface area contributed by atoms with Crippen LogP contribution in [0.4, 0.5) is 0 Å². The predicted molar refractivity (Wildman–Crippen MR) is 69.5 cm³/mol. The molecule has 0 fully saturated rings. The molecule has 0 aliphatic heterocycles. The van der Waals surface area contributed by atoms with Crippen LogP contribution in [0.2, 0.25) is 0 Å². The van der Waals surface area contributed by atoms with Crippen molar-refractivity contribution in [3.63, 3.8) is 0 Å². The molecule has 2 nitrogen and oxygen atoms in total. The number of carbonyl (C=O) groups is 1. The van der Waals surface area contributed by atoms with Crippen LogP contribution in [0.3, 0.4) is 0 Å². The Morgan fingerprint density at radius 3 is 2.82 bits per heavy atom. The Bertz CT molecular complexity index is 580. The first-order chi connectivity index (χ1) is 8.27. The molecule has 0 atom stereocenters. The Hall–Kier alpha value is -1.57. The fourth-order valence-electron chi connectivity index (χ4n) is 2.81. The fraction of sp³-hybridized carbons (Fsp3) is 0.400. The molecule has 1 aliphatic rings. The number of aryl methyl sites for hydroxylation is 2. The highest BCUT2D eigenvalue weighted by Crippen LogP contribution is 2.29. The molecule has 1 aromatic carbocycles. The van der Waals surface area contributed by atoms with Crippen molar-refractivity contribution in [2.75, 3.05) is 0 Å². The summed E-state index contributed by atoms with van der Waals surface area (Å²) in [7, 11) is 0. The molecule has 0 saturated carbocycles. The number of nitrogens with one attached hydrogen (secondary N) is 1. The molecule has 3 rings (SSSR count). The third-order valence-corrected chi connectivity index (χ3v) is 3.76. The Labute approximate surface area is 101 Å². The maximum atomic E-state index is 12.1. The summed E-state index contributed by atoms with van der Waals surface area (Å²) in [6.45, 7) is 2.09. The first-order valence-electron chi connectivity index (χ1n) is 6.41. The molecule has 0 spiro atoms. The van der Waals surface area contributed by atoms with Gasteiger partial charge in [0.15, 0.2) is 5.78 Å². The maximum absolute atomic E-state index is 12.1. The minimum Gasteiger partial charge on any atom is -0.352 e. The molecular formula is C15H17NO. The van der Waals surface area contributed by atoms with Crippen molar-refractivity contribution in [3.05, 3.63) is 35.0 Å². The third-order valence-electron chi connectivity index (χ3n) is 3.76. The van der Waals surface area contributed by atoms with E-state index in [9.17, 15) is 4.79 Å². The van der Waals surface area contributed by atoms with E-state index in [0.29, 0.717) is 6.42 Å². The quantitative estimate of drug-likeness (QED) is 0.730. The van der Waals surface area contributed by atoms with Crippen molar-refractivity contribution in [3.8, 4) is 0 Å². The van der Waals surface area contributed by atoms with Gasteiger partial charge in [-0.25, -0.2) is 0 Å². The molecule has 1 aliphatic carbocycles. The van der Waals surface area contributed by atoms with E-state index in [1.807, 2.05) is 0 Å². The first-order valence-corrected chi connectivity index (χ1v) is 6.41. The van der Waals surface area contributed by atoms with Crippen molar-refractivity contribution in [1.29, 1.82) is 0 Å². The number of aromatic nitrogens is 1. The lowest BCUT2D eigenvalue weighted by Crippen LogP contribution is -2.06. The summed E-state index contributed by atoms with van der Waals surface area (Å²) in [6, 6.07) is 6.30. The first kappa shape index (κ1) is 10.6. The van der Waals surface area contributed by atoms with E-state index >= 15 is 0 Å². The summed E-state index contributed by atoms with van der Waals surface area (Å²) >= 11 is 0. The minimum absolute atomic E-state index is 0.287. The van der Waals surface area contributed by atoms with Gasteiger partial charge >= 0.3 is 0 Å². The van der Waals surface area contributed by atoms with Gasteiger partial charge in [-0.1, -0.05) is 24.6 Å². The Morgan fingerprint density at radius 2 is 1.94 bits per heavy atom. The molecule has 17 heavy (non-hydrogen) atoms. The van der Waals surface area contributed by atoms with Gasteiger partial charge in [-0.15, -0.1) is 0 Å². The monoisotopic (exact) mass is 227 g/mol. The highest BCUT2D eigenvalue weighted by Gasteiger charge is 2.19. The van der Waals surface area contributed by atoms with Crippen LogP contribution in [-0.4, -0.2) is 10.8 Å². The largest absolute Gasteiger partial charge is 0.352 e. The van der Waals surface area contributed by atoms with Gasteiger partial charge in [-0.2, -0.15) is 0 Å². The molecule has 0 bridgehead atoms. The van der Waals surface area contributed by atoms with Gasteiger partial charge in [0.05, 0.1) is 5.69 Å². The van der Waals surface area contributed by atoms with Crippen LogP contribution in [0.15, 0.2) is 18.2 Å². The van der Waals surface area contributed by atoms with E-state index < -0.39 is 0 Å². The summed E-state index contributed by atoms with van der Waals surface area (Å²) in [5.41, 5.74) is 4.48. The molecule has 0 radical (unpaired) electrons. The second kappa shape index (κ2) is 4.02. The number of Topliss-reactive ketones (excluding diaryl/α,β-unsaturated/α-hetero) is 1. The third kappa shape index (κ3) is 1.68. The number of hydrogen-bond donors (Lipinski definition) is 1. The summed E-state index contributed by atoms with van der Waals surface area (Å²) in [5.74, 6) is 0.287. The number of hydrogen-bond acceptors (Lipinski definition) is 1. The van der Waals surface area contributed by atoms with Gasteiger partial charge in [-0.3, -0.25) is 4.79 Å². The predicted octanol–water partition coefficient (Wildman–Crippen LogP) is 3.78. The molecule has 2 heteroatoms. The van der Waals surface area contributed by atoms with Crippen LogP contribution in [0, 0.1) is 6.92 Å². The molecule has 0 amide bonds. The summed E-state index contributed by atoms with van der Waals surface area (Å²) in [5, 5.41) is 1.25. The molecule has 1 heterocycles. The summed E-state index contributed by atoms with van der Waals surface area (Å²) in [4.78, 5) is 15.5. The van der Waals surface area contributed by atoms with Crippen LogP contribution in [0.1, 0.15) is 47.3 Å². The van der Waals surface area contributed by atoms with Crippen molar-refractivity contribution in [2.45, 2.75) is 39.0 Å². The standard InChI is InChI=1S/C15H17NO/c1-10-6-5-8-11-12-7-3-2-4-9-13(17)15(12)16-14(10)11/h5-6,8,16H,2-4,7,9H2,1H3. The van der Waals surface area contributed by atoms with E-state index in [2.05, 4.69) is 30.1 Å². The second-order valence-corrected chi connectivity index (χ2v) is 4.96. The fourth-order valence-corrected chi connectivity index (χ4v) is 2.81. The molecule has 0 unspecified atom stereocenters. The van der Waals surface area contributed by atoms with Crippen LogP contribution in [-0.2, 0) is 6.42 Å². The smallest absolute Gasteiger partial charge is 0.179 e. The van der Waals surface area contributed by atoms with Gasteiger partial charge < -0.3 is 4.98 Å². The number of fused-ring (bicyclic) bond motifs is 3. The van der Waals surface area contributed by atoms with Crippen molar-refractivity contribution < 1.29 is 4.79 Å². The topological polar surface area (TPSA) is 32.9 Å². The Morgan fingerprint density at radius 1 is 1.12 bits per heavy atom. The van der Waals surface area contributed by atoms with E-state index in [1.54, 1.807) is 0 Å². The molecule has 1 N–H and O–H groups in total. The van der Waals surface area contributed by atoms with Gasteiger partial charge in [0.25, 0.3) is 0 Å². The number of para-hydroxylation sites is 1. The Balaban J connectivity index is 2.27. The lowest BCUT2D eigenvalue weighted by molar-refractivity contribution is 0.0972. The Kier molecular flexibility index (Phi) is 2.50. The number of carbonyl (C=O) groups excluding carboxylic acids is 1. The molecular weight excluding hydrogens is 210 g/mol. The zero-order valence-electron chi connectivity index (χ0n) is 10.2. The molecule has 88 valence electrons. The van der Waals surface area contributed by atoms with Gasteiger partial charge in [0.2, 0.25) is 0 Å². The zero-order valence-corrected chi connectivity index (χ0v) is 10.2. The van der Waals surface area contributed by atoms with Crippen LogP contribution >= 0.6 is 0 Å². The normalized spacial score (nSPS) is 16.6. The lowest BCUT2D eigenvalue weighted by atomic mass is 9.95. The number of ketones is 1. The van der Waals surface area contributed by atoms with Crippen LogP contribution in [0.5, 0.6) is 0 Å². The molecule has 1 aromatic heterocycles. The average molecular weight is 227 g/mol. The van der Waals surface area contributed by atoms with E-state index in [1.165, 1.54) is 29.4 Å². The number of H-pyrrole nitrogens is 1. The maximum Gasteiger partial charge on any atom is 0.179 e. The van der Waals surface area contributed by atoms with Crippen molar-refractivity contribution in [1.82, 2.24) is 4.98 Å². The highest BCUT2D eigenvalue weighted by atomic mass is 16.1. The number of rotatable bonds is 0. The molecule has 2 aromatic rings. The van der Waals surface area contributed by atoms with Gasteiger partial charge in [-0.05, 0) is 37.3 Å². The number of aromatic amines is 1. The minimum atomic E-state index is 0.287. The summed E-state index contributed by atoms with van der Waals surface area (Å²) < 4.78 is 0. The summed E-state index contributed by atoms with van der Waals surface area (Å²) in [6.07, 6.45) is 5.13. The van der Waals surface area contributed by atoms with Gasteiger partial charge in [0.1, 0.15) is 0 Å². The van der Waals surface area contributed by atoms with E-state index in [4.69, 9.17) is 0 Å². The van der Waals surface area contributed by atoms with Crippen LogP contribution < -0.4 is 0 Å². The lowest BCUT2D eigenvalue weighted by Gasteiger charge is -2.08. The van der Waals surface area contributed by atoms with Crippen molar-refractivity contribution >= 4 is 16.7 Å². The highest BCUT2D eigenvalue weighted by molar-refractivity contribution is 6.03. The van der Waals surface area contributed by atoms with Crippen LogP contribution in [0.25, 0.3) is 10.9 Å². The van der Waals surface area contributed by atoms with E-state index in [-0.39, 0.29) is 5.78 Å². The number of benzene rings is 1. The van der Waals surface area contributed by atoms with Crippen molar-refractivity contribution in [2.24, 2.45) is 0 Å². The van der Waals surface area contributed by atoms with E-state index in [0.717, 1.165) is 24.1 Å². The van der Waals surface area contributed by atoms with Gasteiger partial charge in [0, 0.05) is 17.3 Å². The molecule has 0 saturated heterocycles. The average Bonchev–Trinajstić information content (AvgIpc) is 2.66.